The zero-order valence-electron chi connectivity index (χ0n) is 43.5. The van der Waals surface area contributed by atoms with Crippen LogP contribution in [0.15, 0.2) is 60.7 Å². The van der Waals surface area contributed by atoms with Crippen LogP contribution in [0.25, 0.3) is 34.7 Å². The molecule has 4 atom stereocenters. The van der Waals surface area contributed by atoms with Crippen molar-refractivity contribution in [1.82, 2.24) is 19.9 Å². The fraction of sp³-hybridized carbons (Fsp3) is 0.480. The summed E-state index contributed by atoms with van der Waals surface area (Å²) in [5, 5.41) is 81.7. The molecule has 408 valence electrons. The number of aromatic nitrogens is 4. The van der Waals surface area contributed by atoms with E-state index in [0.29, 0.717) is 33.6 Å². The number of carboxylic acid groups (broad SMARTS) is 2. The summed E-state index contributed by atoms with van der Waals surface area (Å²) in [6.07, 6.45) is -1.19. The number of carboxylic acids is 2. The van der Waals surface area contributed by atoms with Gasteiger partial charge in [-0.1, -0.05) is 52.0 Å². The molecule has 0 radical (unpaired) electrons. The smallest absolute Gasteiger partial charge is 0.550 e. The van der Waals surface area contributed by atoms with Crippen molar-refractivity contribution in [3.05, 3.63) is 94.8 Å². The first kappa shape index (κ1) is 66.5. The summed E-state index contributed by atoms with van der Waals surface area (Å²) in [5.41, 5.74) is 0.107. The molecule has 0 aliphatic rings. The SMILES string of the molecule is CC(C)c1nc(N(C)S(=O)(=O)CC(C)(C)O)nc(-c2ccc(F)cc2)c1/C=C/C(O)CC(O)CC(=O)[O-].CC(C)c1nc(N(C)S(=O)(=O)CC(C)(C)O)nc(-c2ccc(F)cc2)c1/C=C/C(O)CC(O)CC(=O)[O-].[Ca+2]. The Labute approximate surface area is 466 Å². The summed E-state index contributed by atoms with van der Waals surface area (Å²) in [7, 11) is -5.50. The second-order valence-electron chi connectivity index (χ2n) is 19.5. The van der Waals surface area contributed by atoms with Gasteiger partial charge in [0.15, 0.2) is 0 Å². The van der Waals surface area contributed by atoms with E-state index in [2.05, 4.69) is 19.9 Å². The standard InChI is InChI=1S/2C25H34FN3O7S.Ca/c2*1-15(2)22-20(11-10-18(30)12-19(31)13-21(32)33)23(16-6-8-17(26)9-7-16)28-24(27-22)29(5)37(35,36)14-25(3,4)34;/h2*6-11,15,18-19,30-31,34H,12-14H2,1-5H3,(H,32,33);/q;;+2/p-2/b2*11-10+;. The Bertz CT molecular complexity index is 2650. The summed E-state index contributed by atoms with van der Waals surface area (Å²) < 4.78 is 80.7. The molecule has 0 aliphatic heterocycles. The number of nitrogens with zero attached hydrogens (tertiary/aromatic N) is 6. The minimum absolute atomic E-state index is 0. The predicted octanol–water partition coefficient (Wildman–Crippen LogP) is 2.04. The maximum absolute atomic E-state index is 13.6. The summed E-state index contributed by atoms with van der Waals surface area (Å²) in [6.45, 7) is 12.8. The van der Waals surface area contributed by atoms with Gasteiger partial charge in [-0.05, 0) is 88.1 Å². The molecule has 0 spiro atoms. The van der Waals surface area contributed by atoms with Gasteiger partial charge in [-0.2, -0.15) is 0 Å². The molecule has 4 rings (SSSR count). The van der Waals surface area contributed by atoms with Crippen molar-refractivity contribution in [3.8, 4) is 22.5 Å². The maximum atomic E-state index is 13.6. The molecule has 0 amide bonds. The summed E-state index contributed by atoms with van der Waals surface area (Å²) in [5.74, 6) is -5.82. The minimum Gasteiger partial charge on any atom is -0.550 e. The molecule has 2 aromatic carbocycles. The van der Waals surface area contributed by atoms with E-state index in [-0.39, 0.29) is 85.7 Å². The minimum atomic E-state index is -4.02. The zero-order valence-corrected chi connectivity index (χ0v) is 47.4. The summed E-state index contributed by atoms with van der Waals surface area (Å²) in [6, 6.07) is 10.8. The van der Waals surface area contributed by atoms with E-state index in [0.717, 1.165) is 8.61 Å². The Morgan fingerprint density at radius 1 is 0.600 bits per heavy atom. The average molecular weight is 1120 g/mol. The van der Waals surface area contributed by atoms with Crippen LogP contribution in [0.3, 0.4) is 0 Å². The van der Waals surface area contributed by atoms with Gasteiger partial charge in [0.1, 0.15) is 11.6 Å². The summed E-state index contributed by atoms with van der Waals surface area (Å²) >= 11 is 0. The molecule has 0 bridgehead atoms. The number of benzene rings is 2. The summed E-state index contributed by atoms with van der Waals surface area (Å²) in [4.78, 5) is 39.2. The van der Waals surface area contributed by atoms with Crippen LogP contribution in [0, 0.1) is 11.6 Å². The van der Waals surface area contributed by atoms with Crippen molar-refractivity contribution in [1.29, 1.82) is 0 Å². The molecule has 0 fully saturated rings. The second kappa shape index (κ2) is 28.1. The third-order valence-electron chi connectivity index (χ3n) is 10.5. The first-order chi connectivity index (χ1) is 34.0. The molecular weight excluding hydrogens is 1050 g/mol. The number of aliphatic hydroxyl groups excluding tert-OH is 4. The molecule has 0 saturated carbocycles. The average Bonchev–Trinajstić information content (AvgIpc) is 3.25. The number of rotatable bonds is 24. The van der Waals surface area contributed by atoms with Crippen molar-refractivity contribution >= 4 is 93.8 Å². The van der Waals surface area contributed by atoms with Crippen LogP contribution in [0.2, 0.25) is 0 Å². The van der Waals surface area contributed by atoms with Crippen LogP contribution in [-0.4, -0.2) is 178 Å². The number of hydrogen-bond acceptors (Lipinski definition) is 18. The number of carbonyl (C=O) groups is 2. The quantitative estimate of drug-likeness (QED) is 0.0547. The normalized spacial score (nSPS) is 14.0. The monoisotopic (exact) mass is 1120 g/mol. The van der Waals surface area contributed by atoms with Gasteiger partial charge in [-0.25, -0.2) is 54.2 Å². The molecule has 20 nitrogen and oxygen atoms in total. The number of hydrogen-bond donors (Lipinski definition) is 6. The third kappa shape index (κ3) is 21.4. The fourth-order valence-corrected chi connectivity index (χ4v) is 9.94. The van der Waals surface area contributed by atoms with Gasteiger partial charge in [0, 0.05) is 74.0 Å². The first-order valence-corrected chi connectivity index (χ1v) is 26.4. The maximum Gasteiger partial charge on any atom is 2.00 e. The molecule has 2 aromatic heterocycles. The first-order valence-electron chi connectivity index (χ1n) is 23.2. The molecule has 75 heavy (non-hydrogen) atoms. The molecular formula is C50H66CaF2N6O14S2. The number of aliphatic hydroxyl groups is 6. The van der Waals surface area contributed by atoms with Gasteiger partial charge in [0.05, 0.1) is 69.9 Å². The van der Waals surface area contributed by atoms with Crippen molar-refractivity contribution in [2.45, 2.75) is 129 Å². The van der Waals surface area contributed by atoms with Gasteiger partial charge < -0.3 is 50.4 Å². The van der Waals surface area contributed by atoms with Crippen LogP contribution >= 0.6 is 0 Å². The second-order valence-corrected chi connectivity index (χ2v) is 23.5. The number of sulfonamides is 2. The Morgan fingerprint density at radius 2 is 0.893 bits per heavy atom. The Morgan fingerprint density at radius 3 is 1.15 bits per heavy atom. The number of anilines is 2. The fourth-order valence-electron chi connectivity index (χ4n) is 7.11. The van der Waals surface area contributed by atoms with Crippen LogP contribution in [0.1, 0.15) is 115 Å². The molecule has 6 N–H and O–H groups in total. The van der Waals surface area contributed by atoms with Crippen LogP contribution < -0.4 is 18.8 Å². The van der Waals surface area contributed by atoms with Crippen LogP contribution in [-0.2, 0) is 29.6 Å². The van der Waals surface area contributed by atoms with E-state index in [1.54, 1.807) is 0 Å². The molecule has 4 aromatic rings. The largest absolute Gasteiger partial charge is 2.00 e. The zero-order chi connectivity index (χ0) is 56.3. The molecule has 0 aliphatic carbocycles. The van der Waals surface area contributed by atoms with Gasteiger partial charge in [0.2, 0.25) is 31.9 Å². The van der Waals surface area contributed by atoms with E-state index >= 15 is 0 Å². The van der Waals surface area contributed by atoms with Gasteiger partial charge in [0.25, 0.3) is 0 Å². The molecule has 25 heteroatoms. The molecule has 4 unspecified atom stereocenters. The number of aliphatic carboxylic acids is 2. The Hall–Kier alpha value is -4.60. The van der Waals surface area contributed by atoms with Crippen LogP contribution in [0.4, 0.5) is 20.7 Å². The van der Waals surface area contributed by atoms with Gasteiger partial charge in [-0.15, -0.1) is 0 Å². The molecule has 0 saturated heterocycles. The van der Waals surface area contributed by atoms with E-state index in [9.17, 15) is 76.1 Å². The van der Waals surface area contributed by atoms with Gasteiger partial charge >= 0.3 is 37.7 Å². The predicted molar refractivity (Wildman–Crippen MR) is 276 cm³/mol. The van der Waals surface area contributed by atoms with E-state index in [1.165, 1.54) is 115 Å². The van der Waals surface area contributed by atoms with E-state index in [4.69, 9.17) is 0 Å². The van der Waals surface area contributed by atoms with E-state index in [1.807, 2.05) is 27.7 Å². The van der Waals surface area contributed by atoms with E-state index < -0.39 is 104 Å². The Balaban J connectivity index is 0.000000507. The Kier molecular flexibility index (Phi) is 25.0. The van der Waals surface area contributed by atoms with Crippen LogP contribution in [0.5, 0.6) is 0 Å². The topological polar surface area (TPSA) is 328 Å². The van der Waals surface area contributed by atoms with Crippen molar-refractivity contribution < 1.29 is 76.1 Å². The van der Waals surface area contributed by atoms with Crippen molar-refractivity contribution in [2.75, 3.05) is 34.2 Å². The van der Waals surface area contributed by atoms with Gasteiger partial charge in [-0.3, -0.25) is 0 Å². The van der Waals surface area contributed by atoms with Crippen molar-refractivity contribution in [2.24, 2.45) is 0 Å². The molecule has 2 heterocycles. The van der Waals surface area contributed by atoms with Crippen molar-refractivity contribution in [3.63, 3.8) is 0 Å². The third-order valence-corrected chi connectivity index (χ3v) is 14.7. The number of halogens is 2. The number of carbonyl (C=O) groups excluding carboxylic acids is 2.